The molecule has 0 saturated heterocycles. The van der Waals surface area contributed by atoms with Crippen LogP contribution in [0.1, 0.15) is 12.5 Å². The molecule has 2 rings (SSSR count). The summed E-state index contributed by atoms with van der Waals surface area (Å²) >= 11 is 3.43. The van der Waals surface area contributed by atoms with Gasteiger partial charge in [0.25, 0.3) is 0 Å². The zero-order chi connectivity index (χ0) is 10.8. The Bertz CT molecular complexity index is 464. The van der Waals surface area contributed by atoms with Gasteiger partial charge in [-0.2, -0.15) is 5.10 Å². The first kappa shape index (κ1) is 10.6. The molecule has 1 aromatic carbocycles. The number of hydrogen-bond donors (Lipinski definition) is 2. The Morgan fingerprint density at radius 1 is 1.53 bits per heavy atom. The summed E-state index contributed by atoms with van der Waals surface area (Å²) in [5.74, 6) is 0. The van der Waals surface area contributed by atoms with Crippen LogP contribution in [0.2, 0.25) is 0 Å². The standard InChI is InChI=1S/C11H14BrN3/c1-7(13-2)5-8-3-4-9-10(6-8)14-15-11(9)12/h3-4,6-7,13H,5H2,1-2H3,(H,14,15). The maximum Gasteiger partial charge on any atom is 0.108 e. The number of nitrogens with zero attached hydrogens (tertiary/aromatic N) is 1. The quantitative estimate of drug-likeness (QED) is 0.897. The number of likely N-dealkylation sites (N-methyl/N-ethyl adjacent to an activating group) is 1. The van der Waals surface area contributed by atoms with Gasteiger partial charge in [0.2, 0.25) is 0 Å². The maximum absolute atomic E-state index is 4.22. The topological polar surface area (TPSA) is 40.7 Å². The van der Waals surface area contributed by atoms with Crippen LogP contribution in [0, 0.1) is 0 Å². The molecule has 0 aliphatic rings. The maximum atomic E-state index is 4.22. The Labute approximate surface area is 97.4 Å². The van der Waals surface area contributed by atoms with Crippen molar-refractivity contribution in [2.75, 3.05) is 7.05 Å². The second-order valence-electron chi connectivity index (χ2n) is 3.78. The molecule has 0 spiro atoms. The number of halogens is 1. The number of benzene rings is 1. The summed E-state index contributed by atoms with van der Waals surface area (Å²) in [6.07, 6.45) is 1.02. The summed E-state index contributed by atoms with van der Waals surface area (Å²) in [4.78, 5) is 0. The van der Waals surface area contributed by atoms with Gasteiger partial charge >= 0.3 is 0 Å². The minimum atomic E-state index is 0.491. The zero-order valence-corrected chi connectivity index (χ0v) is 10.4. The van der Waals surface area contributed by atoms with Gasteiger partial charge in [-0.15, -0.1) is 0 Å². The number of H-pyrrole nitrogens is 1. The summed E-state index contributed by atoms with van der Waals surface area (Å²) in [5, 5.41) is 11.5. The van der Waals surface area contributed by atoms with E-state index in [-0.39, 0.29) is 0 Å². The van der Waals surface area contributed by atoms with Crippen molar-refractivity contribution in [2.45, 2.75) is 19.4 Å². The molecule has 2 N–H and O–H groups in total. The van der Waals surface area contributed by atoms with Gasteiger partial charge in [-0.05, 0) is 54.0 Å². The van der Waals surface area contributed by atoms with Crippen molar-refractivity contribution < 1.29 is 0 Å². The van der Waals surface area contributed by atoms with Crippen molar-refractivity contribution in [3.63, 3.8) is 0 Å². The Morgan fingerprint density at radius 2 is 2.33 bits per heavy atom. The Morgan fingerprint density at radius 3 is 3.07 bits per heavy atom. The number of aromatic nitrogens is 2. The van der Waals surface area contributed by atoms with E-state index in [1.165, 1.54) is 5.56 Å². The van der Waals surface area contributed by atoms with Gasteiger partial charge in [-0.25, -0.2) is 0 Å². The fraction of sp³-hybridized carbons (Fsp3) is 0.364. The van der Waals surface area contributed by atoms with Crippen LogP contribution in [0.3, 0.4) is 0 Å². The highest BCUT2D eigenvalue weighted by atomic mass is 79.9. The van der Waals surface area contributed by atoms with Crippen LogP contribution in [0.5, 0.6) is 0 Å². The van der Waals surface area contributed by atoms with Gasteiger partial charge in [0.1, 0.15) is 4.60 Å². The second kappa shape index (κ2) is 4.33. The highest BCUT2D eigenvalue weighted by Gasteiger charge is 2.05. The van der Waals surface area contributed by atoms with Crippen molar-refractivity contribution in [2.24, 2.45) is 0 Å². The lowest BCUT2D eigenvalue weighted by Gasteiger charge is -2.09. The third kappa shape index (κ3) is 2.21. The molecular formula is C11H14BrN3. The first-order chi connectivity index (χ1) is 7.20. The summed E-state index contributed by atoms with van der Waals surface area (Å²) < 4.78 is 0.950. The Kier molecular flexibility index (Phi) is 3.07. The summed E-state index contributed by atoms with van der Waals surface area (Å²) in [7, 11) is 1.98. The number of hydrogen-bond acceptors (Lipinski definition) is 2. The van der Waals surface area contributed by atoms with Crippen LogP contribution in [-0.4, -0.2) is 23.3 Å². The fourth-order valence-corrected chi connectivity index (χ4v) is 2.03. The van der Waals surface area contributed by atoms with E-state index in [1.807, 2.05) is 7.05 Å². The molecule has 4 heteroatoms. The van der Waals surface area contributed by atoms with E-state index in [4.69, 9.17) is 0 Å². The Balaban J connectivity index is 2.31. The predicted molar refractivity (Wildman–Crippen MR) is 66.0 cm³/mol. The fourth-order valence-electron chi connectivity index (χ4n) is 1.61. The van der Waals surface area contributed by atoms with Gasteiger partial charge in [0, 0.05) is 11.4 Å². The SMILES string of the molecule is CNC(C)Cc1ccc2c(Br)[nH]nc2c1. The average molecular weight is 268 g/mol. The van der Waals surface area contributed by atoms with E-state index in [0.29, 0.717) is 6.04 Å². The predicted octanol–water partition coefficient (Wildman–Crippen LogP) is 2.48. The van der Waals surface area contributed by atoms with Crippen LogP contribution in [0.15, 0.2) is 22.8 Å². The van der Waals surface area contributed by atoms with E-state index < -0.39 is 0 Å². The lowest BCUT2D eigenvalue weighted by atomic mass is 10.1. The van der Waals surface area contributed by atoms with Crippen LogP contribution in [0.4, 0.5) is 0 Å². The molecule has 0 fully saturated rings. The molecule has 0 amide bonds. The summed E-state index contributed by atoms with van der Waals surface area (Å²) in [6.45, 7) is 2.17. The molecular weight excluding hydrogens is 254 g/mol. The average Bonchev–Trinajstić information content (AvgIpc) is 2.60. The lowest BCUT2D eigenvalue weighted by Crippen LogP contribution is -2.23. The molecule has 3 nitrogen and oxygen atoms in total. The van der Waals surface area contributed by atoms with Crippen molar-refractivity contribution in [3.05, 3.63) is 28.4 Å². The van der Waals surface area contributed by atoms with Gasteiger partial charge in [-0.3, -0.25) is 5.10 Å². The van der Waals surface area contributed by atoms with Crippen LogP contribution in [-0.2, 0) is 6.42 Å². The van der Waals surface area contributed by atoms with Crippen LogP contribution >= 0.6 is 15.9 Å². The number of aromatic amines is 1. The van der Waals surface area contributed by atoms with Gasteiger partial charge in [0.05, 0.1) is 5.52 Å². The van der Waals surface area contributed by atoms with E-state index in [2.05, 4.69) is 56.6 Å². The second-order valence-corrected chi connectivity index (χ2v) is 4.58. The molecule has 80 valence electrons. The van der Waals surface area contributed by atoms with Crippen molar-refractivity contribution in [1.29, 1.82) is 0 Å². The van der Waals surface area contributed by atoms with E-state index in [0.717, 1.165) is 21.9 Å². The molecule has 0 radical (unpaired) electrons. The first-order valence-corrected chi connectivity index (χ1v) is 5.80. The van der Waals surface area contributed by atoms with Crippen molar-refractivity contribution in [1.82, 2.24) is 15.5 Å². The van der Waals surface area contributed by atoms with Crippen LogP contribution in [0.25, 0.3) is 10.9 Å². The monoisotopic (exact) mass is 267 g/mol. The smallest absolute Gasteiger partial charge is 0.108 e. The summed E-state index contributed by atoms with van der Waals surface area (Å²) in [6, 6.07) is 6.87. The molecule has 0 aliphatic heterocycles. The van der Waals surface area contributed by atoms with Crippen molar-refractivity contribution >= 4 is 26.8 Å². The minimum absolute atomic E-state index is 0.491. The minimum Gasteiger partial charge on any atom is -0.317 e. The van der Waals surface area contributed by atoms with Crippen LogP contribution < -0.4 is 5.32 Å². The normalized spacial score (nSPS) is 13.3. The van der Waals surface area contributed by atoms with E-state index >= 15 is 0 Å². The molecule has 0 aliphatic carbocycles. The molecule has 1 heterocycles. The molecule has 15 heavy (non-hydrogen) atoms. The third-order valence-corrected chi connectivity index (χ3v) is 3.21. The molecule has 0 bridgehead atoms. The van der Waals surface area contributed by atoms with E-state index in [9.17, 15) is 0 Å². The highest BCUT2D eigenvalue weighted by molar-refractivity contribution is 9.10. The third-order valence-electron chi connectivity index (χ3n) is 2.61. The first-order valence-electron chi connectivity index (χ1n) is 5.00. The molecule has 1 aromatic heterocycles. The van der Waals surface area contributed by atoms with Gasteiger partial charge in [-0.1, -0.05) is 6.07 Å². The molecule has 0 saturated carbocycles. The number of nitrogens with one attached hydrogen (secondary N) is 2. The molecule has 1 unspecified atom stereocenters. The zero-order valence-electron chi connectivity index (χ0n) is 8.84. The number of rotatable bonds is 3. The lowest BCUT2D eigenvalue weighted by molar-refractivity contribution is 0.609. The highest BCUT2D eigenvalue weighted by Crippen LogP contribution is 2.22. The number of fused-ring (bicyclic) bond motifs is 1. The van der Waals surface area contributed by atoms with Gasteiger partial charge < -0.3 is 5.32 Å². The largest absolute Gasteiger partial charge is 0.317 e. The molecule has 2 aromatic rings. The molecule has 1 atom stereocenters. The summed E-state index contributed by atoms with van der Waals surface area (Å²) in [5.41, 5.74) is 2.33. The Hall–Kier alpha value is -0.870. The van der Waals surface area contributed by atoms with E-state index in [1.54, 1.807) is 0 Å². The van der Waals surface area contributed by atoms with Crippen molar-refractivity contribution in [3.8, 4) is 0 Å². The van der Waals surface area contributed by atoms with Gasteiger partial charge in [0.15, 0.2) is 0 Å².